The highest BCUT2D eigenvalue weighted by Crippen LogP contribution is 2.39. The molecule has 1 aliphatic carbocycles. The van der Waals surface area contributed by atoms with E-state index in [9.17, 15) is 0 Å². The van der Waals surface area contributed by atoms with Gasteiger partial charge in [-0.05, 0) is 63.1 Å². The fourth-order valence-corrected chi connectivity index (χ4v) is 7.15. The summed E-state index contributed by atoms with van der Waals surface area (Å²) in [5.74, 6) is 1.45. The Bertz CT molecular complexity index is 1540. The molecule has 3 N–H and O–H groups in total. The van der Waals surface area contributed by atoms with E-state index in [1.807, 2.05) is 36.0 Å². The monoisotopic (exact) mass is 634 g/mol. The van der Waals surface area contributed by atoms with Crippen LogP contribution in [0.15, 0.2) is 49.4 Å². The molecule has 13 nitrogen and oxygen atoms in total. The third kappa shape index (κ3) is 6.62. The molecule has 0 amide bonds. The summed E-state index contributed by atoms with van der Waals surface area (Å²) >= 11 is 6.44. The molecule has 1 aromatic carbocycles. The first-order chi connectivity index (χ1) is 22.0. The van der Waals surface area contributed by atoms with Crippen molar-refractivity contribution in [3.63, 3.8) is 0 Å². The van der Waals surface area contributed by atoms with E-state index in [4.69, 9.17) is 36.6 Å². The molecule has 7 rings (SSSR count). The fourth-order valence-electron chi connectivity index (χ4n) is 6.99. The van der Waals surface area contributed by atoms with Crippen molar-refractivity contribution in [3.05, 3.63) is 54.5 Å². The molecule has 2 saturated heterocycles. The second-order valence-electron chi connectivity index (χ2n) is 12.1. The minimum atomic E-state index is -0.164. The van der Waals surface area contributed by atoms with Crippen molar-refractivity contribution in [1.82, 2.24) is 39.4 Å². The summed E-state index contributed by atoms with van der Waals surface area (Å²) in [4.78, 5) is 15.9. The Morgan fingerprint density at radius 3 is 2.47 bits per heavy atom. The summed E-state index contributed by atoms with van der Waals surface area (Å²) < 4.78 is 21.3. The minimum absolute atomic E-state index is 0.0243. The maximum atomic E-state index is 6.44. The van der Waals surface area contributed by atoms with Gasteiger partial charge in [-0.15, -0.1) is 5.10 Å². The van der Waals surface area contributed by atoms with Gasteiger partial charge in [-0.3, -0.25) is 15.3 Å². The molecule has 0 radical (unpaired) electrons. The number of anilines is 2. The second kappa shape index (κ2) is 13.3. The zero-order chi connectivity index (χ0) is 30.8. The van der Waals surface area contributed by atoms with Crippen molar-refractivity contribution in [1.29, 1.82) is 0 Å². The van der Waals surface area contributed by atoms with Gasteiger partial charge >= 0.3 is 0 Å². The molecule has 2 bridgehead atoms. The first-order valence-corrected chi connectivity index (χ1v) is 16.1. The molecule has 45 heavy (non-hydrogen) atoms. The summed E-state index contributed by atoms with van der Waals surface area (Å²) in [5, 5.41) is 12.7. The fraction of sp³-hybridized carbons (Fsp3) is 0.516. The molecule has 3 aliphatic rings. The van der Waals surface area contributed by atoms with Crippen LogP contribution in [-0.4, -0.2) is 83.6 Å². The zero-order valence-electron chi connectivity index (χ0n) is 25.3. The predicted octanol–water partition coefficient (Wildman–Crippen LogP) is 4.44. The predicted molar refractivity (Wildman–Crippen MR) is 169 cm³/mol. The largest absolute Gasteiger partial charge is 0.487 e. The Labute approximate surface area is 267 Å². The van der Waals surface area contributed by atoms with Crippen molar-refractivity contribution in [2.45, 2.75) is 82.3 Å². The number of halogens is 1. The lowest BCUT2D eigenvalue weighted by Crippen LogP contribution is -2.52. The van der Waals surface area contributed by atoms with Crippen molar-refractivity contribution >= 4 is 23.2 Å². The van der Waals surface area contributed by atoms with Gasteiger partial charge in [-0.25, -0.2) is 19.6 Å². The van der Waals surface area contributed by atoms with Gasteiger partial charge in [0.25, 0.3) is 5.88 Å². The number of rotatable bonds is 11. The molecule has 5 heterocycles. The highest BCUT2D eigenvalue weighted by Gasteiger charge is 2.42. The smallest absolute Gasteiger partial charge is 0.258 e. The highest BCUT2D eigenvalue weighted by molar-refractivity contribution is 6.32. The summed E-state index contributed by atoms with van der Waals surface area (Å²) in [6.07, 6.45) is 15.5. The van der Waals surface area contributed by atoms with E-state index in [-0.39, 0.29) is 12.8 Å². The van der Waals surface area contributed by atoms with Crippen molar-refractivity contribution in [2.24, 2.45) is 5.73 Å². The van der Waals surface area contributed by atoms with Crippen LogP contribution in [0.4, 0.5) is 11.6 Å². The molecular weight excluding hydrogens is 596 g/mol. The number of hydrogen-bond donors (Lipinski definition) is 2. The Morgan fingerprint density at radius 1 is 1.02 bits per heavy atom. The SMILES string of the molecule is C[C@@H](Cn1cncn1)Oc1cc(-c2cnc(Nc3cn(C4CCC(N5[C@@H]6CC[C@H]5COC6)CC4)nc3OCN)nc2)ccc1Cl. The van der Waals surface area contributed by atoms with Crippen LogP contribution in [0.5, 0.6) is 11.6 Å². The average Bonchev–Trinajstić information content (AvgIpc) is 3.77. The lowest BCUT2D eigenvalue weighted by Gasteiger charge is -2.43. The average molecular weight is 635 g/mol. The van der Waals surface area contributed by atoms with E-state index in [0.717, 1.165) is 50.0 Å². The Hall–Kier alpha value is -3.78. The van der Waals surface area contributed by atoms with Crippen LogP contribution in [0.25, 0.3) is 11.1 Å². The number of hydrogen-bond acceptors (Lipinski definition) is 11. The number of ether oxygens (including phenoxy) is 3. The third-order valence-corrected chi connectivity index (χ3v) is 9.39. The summed E-state index contributed by atoms with van der Waals surface area (Å²) in [6, 6.07) is 7.74. The van der Waals surface area contributed by atoms with Crippen molar-refractivity contribution in [2.75, 3.05) is 25.3 Å². The number of nitrogens with two attached hydrogens (primary N) is 1. The highest BCUT2D eigenvalue weighted by atomic mass is 35.5. The molecule has 0 spiro atoms. The van der Waals surface area contributed by atoms with Gasteiger partial charge in [0.2, 0.25) is 5.95 Å². The first kappa shape index (κ1) is 29.9. The molecule has 2 aliphatic heterocycles. The maximum absolute atomic E-state index is 6.44. The van der Waals surface area contributed by atoms with Crippen LogP contribution < -0.4 is 20.5 Å². The van der Waals surface area contributed by atoms with Gasteiger partial charge in [0, 0.05) is 36.1 Å². The van der Waals surface area contributed by atoms with E-state index >= 15 is 0 Å². The maximum Gasteiger partial charge on any atom is 0.258 e. The van der Waals surface area contributed by atoms with Crippen molar-refractivity contribution < 1.29 is 14.2 Å². The molecule has 238 valence electrons. The Morgan fingerprint density at radius 2 is 1.76 bits per heavy atom. The van der Waals surface area contributed by atoms with Gasteiger partial charge in [0.15, 0.2) is 0 Å². The van der Waals surface area contributed by atoms with Gasteiger partial charge in [0.1, 0.15) is 36.9 Å². The van der Waals surface area contributed by atoms with Gasteiger partial charge < -0.3 is 19.5 Å². The zero-order valence-corrected chi connectivity index (χ0v) is 26.1. The van der Waals surface area contributed by atoms with Crippen LogP contribution in [0.3, 0.4) is 0 Å². The molecule has 1 saturated carbocycles. The van der Waals surface area contributed by atoms with E-state index in [2.05, 4.69) is 30.3 Å². The first-order valence-electron chi connectivity index (χ1n) is 15.7. The topological polar surface area (TPSA) is 143 Å². The molecule has 3 atom stereocenters. The lowest BCUT2D eigenvalue weighted by atomic mass is 9.89. The molecule has 4 aromatic rings. The van der Waals surface area contributed by atoms with Crippen LogP contribution in [-0.2, 0) is 11.3 Å². The summed E-state index contributed by atoms with van der Waals surface area (Å²) in [6.45, 7) is 4.29. The van der Waals surface area contributed by atoms with E-state index in [1.165, 1.54) is 19.2 Å². The van der Waals surface area contributed by atoms with Crippen LogP contribution in [0, 0.1) is 0 Å². The molecule has 3 fully saturated rings. The van der Waals surface area contributed by atoms with E-state index in [1.54, 1.807) is 23.4 Å². The molecule has 14 heteroatoms. The van der Waals surface area contributed by atoms with Crippen LogP contribution in [0.1, 0.15) is 51.5 Å². The summed E-state index contributed by atoms with van der Waals surface area (Å²) in [7, 11) is 0. The normalized spacial score (nSPS) is 24.0. The molecule has 0 unspecified atom stereocenters. The number of fused-ring (bicyclic) bond motifs is 2. The van der Waals surface area contributed by atoms with E-state index in [0.29, 0.717) is 59.0 Å². The second-order valence-corrected chi connectivity index (χ2v) is 12.5. The van der Waals surface area contributed by atoms with Crippen LogP contribution >= 0.6 is 11.6 Å². The quantitative estimate of drug-likeness (QED) is 0.226. The number of nitrogens with zero attached hydrogens (tertiary/aromatic N) is 8. The Kier molecular flexibility index (Phi) is 8.83. The standard InChI is InChI=1S/C31H39ClN10O3/c1-20(13-40-19-34-18-37-40)45-29-10-21(2-9-27(29)32)22-11-35-31(36-12-22)38-28-14-41(39-30(28)44-17-33)23-3-5-24(6-4-23)42-25-7-8-26(42)16-43-15-25/h2,9-12,14,18-20,23-26H,3-8,13,15-17,33H2,1H3,(H,35,36,38)/t20-,23?,24?,25-,26+/m0/s1. The van der Waals surface area contributed by atoms with Gasteiger partial charge in [-0.1, -0.05) is 17.7 Å². The van der Waals surface area contributed by atoms with Crippen LogP contribution in [0.2, 0.25) is 5.02 Å². The van der Waals surface area contributed by atoms with Gasteiger partial charge in [-0.2, -0.15) is 5.10 Å². The number of benzene rings is 1. The number of morpholine rings is 1. The Balaban J connectivity index is 0.998. The number of nitrogens with one attached hydrogen (secondary N) is 1. The molecule has 3 aromatic heterocycles. The summed E-state index contributed by atoms with van der Waals surface area (Å²) in [5.41, 5.74) is 8.13. The van der Waals surface area contributed by atoms with E-state index < -0.39 is 0 Å². The van der Waals surface area contributed by atoms with Crippen molar-refractivity contribution in [3.8, 4) is 22.8 Å². The number of aromatic nitrogens is 7. The van der Waals surface area contributed by atoms with Gasteiger partial charge in [0.05, 0.1) is 37.0 Å². The third-order valence-electron chi connectivity index (χ3n) is 9.08. The molecular formula is C31H39ClN10O3. The lowest BCUT2D eigenvalue weighted by molar-refractivity contribution is -0.0458. The minimum Gasteiger partial charge on any atom is -0.487 e.